The van der Waals surface area contributed by atoms with Crippen molar-refractivity contribution in [2.24, 2.45) is 0 Å². The van der Waals surface area contributed by atoms with Gasteiger partial charge in [-0.25, -0.2) is 14.6 Å². The molecule has 3 aromatic heterocycles. The SMILES string of the molecule is O=c1ccc(-c2ccncc2)nn1CCN1CCN(c2ncnc3c2CCC3)CC1. The zero-order chi connectivity index (χ0) is 20.3. The minimum atomic E-state index is -0.0667. The van der Waals surface area contributed by atoms with Gasteiger partial charge < -0.3 is 4.90 Å². The highest BCUT2D eigenvalue weighted by atomic mass is 16.1. The third-order valence-corrected chi connectivity index (χ3v) is 5.99. The molecule has 1 aliphatic heterocycles. The van der Waals surface area contributed by atoms with E-state index >= 15 is 0 Å². The fraction of sp³-hybridized carbons (Fsp3) is 0.409. The van der Waals surface area contributed by atoms with Crippen molar-refractivity contribution < 1.29 is 0 Å². The number of hydrogen-bond donors (Lipinski definition) is 0. The summed E-state index contributed by atoms with van der Waals surface area (Å²) in [5, 5.41) is 4.55. The predicted octanol–water partition coefficient (Wildman–Crippen LogP) is 1.41. The van der Waals surface area contributed by atoms with Crippen molar-refractivity contribution in [2.75, 3.05) is 37.6 Å². The van der Waals surface area contributed by atoms with Crippen LogP contribution in [0.1, 0.15) is 17.7 Å². The Kier molecular flexibility index (Phi) is 5.23. The molecule has 0 amide bonds. The van der Waals surface area contributed by atoms with Crippen LogP contribution >= 0.6 is 0 Å². The van der Waals surface area contributed by atoms with Gasteiger partial charge in [-0.2, -0.15) is 5.10 Å². The predicted molar refractivity (Wildman–Crippen MR) is 114 cm³/mol. The maximum Gasteiger partial charge on any atom is 0.266 e. The molecule has 0 aromatic carbocycles. The van der Waals surface area contributed by atoms with Gasteiger partial charge in [-0.3, -0.25) is 14.7 Å². The van der Waals surface area contributed by atoms with E-state index < -0.39 is 0 Å². The summed E-state index contributed by atoms with van der Waals surface area (Å²) in [6.45, 7) is 5.20. The Bertz CT molecular complexity index is 1070. The van der Waals surface area contributed by atoms with Crippen LogP contribution in [-0.4, -0.2) is 62.4 Å². The van der Waals surface area contributed by atoms with Crippen molar-refractivity contribution in [1.82, 2.24) is 29.6 Å². The van der Waals surface area contributed by atoms with Crippen LogP contribution in [0.3, 0.4) is 0 Å². The van der Waals surface area contributed by atoms with Crippen molar-refractivity contribution in [2.45, 2.75) is 25.8 Å². The first kappa shape index (κ1) is 18.9. The van der Waals surface area contributed by atoms with Gasteiger partial charge in [0.25, 0.3) is 5.56 Å². The lowest BCUT2D eigenvalue weighted by Crippen LogP contribution is -2.48. The zero-order valence-electron chi connectivity index (χ0n) is 16.9. The van der Waals surface area contributed by atoms with E-state index in [1.807, 2.05) is 12.1 Å². The van der Waals surface area contributed by atoms with Gasteiger partial charge in [0, 0.05) is 68.0 Å². The van der Waals surface area contributed by atoms with Crippen molar-refractivity contribution in [3.05, 3.63) is 64.6 Å². The largest absolute Gasteiger partial charge is 0.354 e. The number of piperazine rings is 1. The molecule has 0 N–H and O–H groups in total. The van der Waals surface area contributed by atoms with Gasteiger partial charge in [0.05, 0.1) is 12.2 Å². The number of fused-ring (bicyclic) bond motifs is 1. The van der Waals surface area contributed by atoms with E-state index in [1.54, 1.807) is 35.5 Å². The highest BCUT2D eigenvalue weighted by molar-refractivity contribution is 5.57. The molecule has 0 atom stereocenters. The molecule has 8 nitrogen and oxygen atoms in total. The Balaban J connectivity index is 1.21. The van der Waals surface area contributed by atoms with E-state index in [9.17, 15) is 4.79 Å². The molecule has 0 radical (unpaired) electrons. The number of aromatic nitrogens is 5. The monoisotopic (exact) mass is 403 g/mol. The van der Waals surface area contributed by atoms with Gasteiger partial charge in [-0.05, 0) is 37.5 Å². The van der Waals surface area contributed by atoms with Crippen molar-refractivity contribution in [3.63, 3.8) is 0 Å². The highest BCUT2D eigenvalue weighted by Crippen LogP contribution is 2.28. The summed E-state index contributed by atoms with van der Waals surface area (Å²) in [7, 11) is 0. The summed E-state index contributed by atoms with van der Waals surface area (Å²) < 4.78 is 1.57. The number of pyridine rings is 1. The lowest BCUT2D eigenvalue weighted by atomic mass is 10.2. The molecule has 3 aromatic rings. The minimum absolute atomic E-state index is 0.0667. The Morgan fingerprint density at radius 1 is 0.900 bits per heavy atom. The summed E-state index contributed by atoms with van der Waals surface area (Å²) in [4.78, 5) is 30.1. The summed E-state index contributed by atoms with van der Waals surface area (Å²) in [5.74, 6) is 1.13. The molecular weight excluding hydrogens is 378 g/mol. The van der Waals surface area contributed by atoms with E-state index in [-0.39, 0.29) is 5.56 Å². The Morgan fingerprint density at radius 3 is 2.57 bits per heavy atom. The first-order valence-corrected chi connectivity index (χ1v) is 10.6. The van der Waals surface area contributed by atoms with Crippen LogP contribution in [0.5, 0.6) is 0 Å². The van der Waals surface area contributed by atoms with Crippen LogP contribution < -0.4 is 10.5 Å². The second-order valence-corrected chi connectivity index (χ2v) is 7.82. The van der Waals surface area contributed by atoms with Crippen molar-refractivity contribution in [1.29, 1.82) is 0 Å². The van der Waals surface area contributed by atoms with Crippen LogP contribution in [0.15, 0.2) is 47.8 Å². The Hall–Kier alpha value is -3.13. The standard InChI is InChI=1S/C22H25N7O/c30-21-5-4-19(17-6-8-23-9-7-17)26-29(21)15-12-27-10-13-28(14-11-27)22-18-2-1-3-20(18)24-16-25-22/h4-9,16H,1-3,10-15H2. The smallest absolute Gasteiger partial charge is 0.266 e. The lowest BCUT2D eigenvalue weighted by Gasteiger charge is -2.36. The van der Waals surface area contributed by atoms with E-state index in [0.717, 1.165) is 62.6 Å². The second-order valence-electron chi connectivity index (χ2n) is 7.82. The molecule has 0 spiro atoms. The van der Waals surface area contributed by atoms with Gasteiger partial charge in [0.15, 0.2) is 0 Å². The molecular formula is C22H25N7O. The van der Waals surface area contributed by atoms with Gasteiger partial charge >= 0.3 is 0 Å². The Labute approximate surface area is 175 Å². The molecule has 4 heterocycles. The molecule has 0 bridgehead atoms. The lowest BCUT2D eigenvalue weighted by molar-refractivity contribution is 0.242. The molecule has 1 aliphatic carbocycles. The maximum atomic E-state index is 12.3. The van der Waals surface area contributed by atoms with E-state index in [1.165, 1.54) is 17.7 Å². The zero-order valence-corrected chi connectivity index (χ0v) is 16.9. The molecule has 0 saturated carbocycles. The van der Waals surface area contributed by atoms with Gasteiger partial charge in [-0.15, -0.1) is 0 Å². The first-order valence-electron chi connectivity index (χ1n) is 10.6. The van der Waals surface area contributed by atoms with E-state index in [2.05, 4.69) is 29.9 Å². The van der Waals surface area contributed by atoms with Crippen LogP contribution in [0.4, 0.5) is 5.82 Å². The van der Waals surface area contributed by atoms with E-state index in [0.29, 0.717) is 6.54 Å². The van der Waals surface area contributed by atoms with Crippen molar-refractivity contribution in [3.8, 4) is 11.3 Å². The minimum Gasteiger partial charge on any atom is -0.354 e. The maximum absolute atomic E-state index is 12.3. The van der Waals surface area contributed by atoms with Crippen LogP contribution in [0.2, 0.25) is 0 Å². The molecule has 1 fully saturated rings. The normalized spacial score (nSPS) is 16.6. The van der Waals surface area contributed by atoms with Crippen molar-refractivity contribution >= 4 is 5.82 Å². The number of rotatable bonds is 5. The van der Waals surface area contributed by atoms with E-state index in [4.69, 9.17) is 0 Å². The third kappa shape index (κ3) is 3.82. The summed E-state index contributed by atoms with van der Waals surface area (Å²) >= 11 is 0. The second kappa shape index (κ2) is 8.31. The average molecular weight is 403 g/mol. The highest BCUT2D eigenvalue weighted by Gasteiger charge is 2.24. The van der Waals surface area contributed by atoms with Crippen LogP contribution in [0.25, 0.3) is 11.3 Å². The number of nitrogens with zero attached hydrogens (tertiary/aromatic N) is 7. The number of aryl methyl sites for hydroxylation is 1. The molecule has 2 aliphatic rings. The fourth-order valence-corrected chi connectivity index (χ4v) is 4.32. The Morgan fingerprint density at radius 2 is 1.73 bits per heavy atom. The quantitative estimate of drug-likeness (QED) is 0.637. The number of anilines is 1. The van der Waals surface area contributed by atoms with Crippen LogP contribution in [-0.2, 0) is 19.4 Å². The summed E-state index contributed by atoms with van der Waals surface area (Å²) in [5.41, 5.74) is 4.25. The molecule has 8 heteroatoms. The molecule has 5 rings (SSSR count). The first-order chi connectivity index (χ1) is 14.8. The van der Waals surface area contributed by atoms with Gasteiger partial charge in [0.2, 0.25) is 0 Å². The number of hydrogen-bond acceptors (Lipinski definition) is 7. The fourth-order valence-electron chi connectivity index (χ4n) is 4.32. The third-order valence-electron chi connectivity index (χ3n) is 5.99. The summed E-state index contributed by atoms with van der Waals surface area (Å²) in [6.07, 6.45) is 8.53. The molecule has 30 heavy (non-hydrogen) atoms. The molecule has 1 saturated heterocycles. The van der Waals surface area contributed by atoms with Gasteiger partial charge in [0.1, 0.15) is 12.1 Å². The summed E-state index contributed by atoms with van der Waals surface area (Å²) in [6, 6.07) is 7.17. The molecule has 154 valence electrons. The molecule has 0 unspecified atom stereocenters. The topological polar surface area (TPSA) is 80.0 Å². The van der Waals surface area contributed by atoms with Gasteiger partial charge in [-0.1, -0.05) is 0 Å². The van der Waals surface area contributed by atoms with Crippen LogP contribution in [0, 0.1) is 0 Å². The average Bonchev–Trinajstić information content (AvgIpc) is 3.29.